The summed E-state index contributed by atoms with van der Waals surface area (Å²) in [7, 11) is 0. The second-order valence-corrected chi connectivity index (χ2v) is 4.63. The summed E-state index contributed by atoms with van der Waals surface area (Å²) < 4.78 is 5.95. The summed E-state index contributed by atoms with van der Waals surface area (Å²) in [6.45, 7) is 0. The Morgan fingerprint density at radius 3 is 3.00 bits per heavy atom. The van der Waals surface area contributed by atoms with Gasteiger partial charge in [0.2, 0.25) is 5.89 Å². The molecule has 1 aromatic heterocycles. The van der Waals surface area contributed by atoms with Gasteiger partial charge in [0.05, 0.1) is 5.25 Å². The molecule has 1 aliphatic rings. The fourth-order valence-electron chi connectivity index (χ4n) is 1.12. The molecule has 1 fully saturated rings. The minimum atomic E-state index is 0.464. The van der Waals surface area contributed by atoms with Crippen molar-refractivity contribution in [3.63, 3.8) is 0 Å². The second kappa shape index (κ2) is 3.30. The van der Waals surface area contributed by atoms with Gasteiger partial charge in [-0.05, 0) is 18.6 Å². The topological polar surface area (TPSA) is 38.9 Å². The van der Waals surface area contributed by atoms with Crippen LogP contribution in [0.2, 0.25) is 0 Å². The minimum Gasteiger partial charge on any atom is -0.415 e. The maximum Gasteiger partial charge on any atom is 0.278 e. The van der Waals surface area contributed by atoms with Gasteiger partial charge in [0, 0.05) is 22.6 Å². The van der Waals surface area contributed by atoms with Crippen molar-refractivity contribution in [3.8, 4) is 0 Å². The normalized spacial score (nSPS) is 24.3. The van der Waals surface area contributed by atoms with Crippen molar-refractivity contribution in [2.75, 3.05) is 5.75 Å². The number of aromatic nitrogens is 2. The van der Waals surface area contributed by atoms with Gasteiger partial charge in [-0.3, -0.25) is 0 Å². The van der Waals surface area contributed by atoms with E-state index < -0.39 is 0 Å². The van der Waals surface area contributed by atoms with Crippen LogP contribution in [0.3, 0.4) is 0 Å². The van der Waals surface area contributed by atoms with Crippen LogP contribution in [0.1, 0.15) is 24.0 Å². The molecule has 60 valence electrons. The third kappa shape index (κ3) is 1.69. The van der Waals surface area contributed by atoms with E-state index in [1.165, 1.54) is 18.6 Å². The summed E-state index contributed by atoms with van der Waals surface area (Å²) in [5.74, 6) is 2.03. The van der Waals surface area contributed by atoms with Gasteiger partial charge < -0.3 is 4.42 Å². The lowest BCUT2D eigenvalue weighted by Crippen LogP contribution is -1.87. The van der Waals surface area contributed by atoms with Crippen molar-refractivity contribution in [3.05, 3.63) is 9.79 Å². The maximum atomic E-state index is 5.31. The number of halogens is 1. The molecule has 1 saturated heterocycles. The molecule has 0 aliphatic carbocycles. The SMILES string of the molecule is Ic1nnc(C2CCCS2)o1. The third-order valence-corrected chi connectivity index (χ3v) is 3.42. The van der Waals surface area contributed by atoms with Crippen molar-refractivity contribution in [2.24, 2.45) is 0 Å². The van der Waals surface area contributed by atoms with Crippen molar-refractivity contribution in [2.45, 2.75) is 18.1 Å². The molecule has 0 radical (unpaired) electrons. The largest absolute Gasteiger partial charge is 0.415 e. The van der Waals surface area contributed by atoms with Crippen LogP contribution in [0.4, 0.5) is 0 Å². The van der Waals surface area contributed by atoms with E-state index in [1.54, 1.807) is 0 Å². The minimum absolute atomic E-state index is 0.464. The highest BCUT2D eigenvalue weighted by molar-refractivity contribution is 14.1. The van der Waals surface area contributed by atoms with Gasteiger partial charge in [-0.2, -0.15) is 0 Å². The fourth-order valence-corrected chi connectivity index (χ4v) is 2.64. The molecular formula is C6H7IN2OS. The van der Waals surface area contributed by atoms with Gasteiger partial charge in [-0.1, -0.05) is 0 Å². The van der Waals surface area contributed by atoms with Crippen LogP contribution in [0.15, 0.2) is 4.42 Å². The Morgan fingerprint density at radius 1 is 1.55 bits per heavy atom. The Morgan fingerprint density at radius 2 is 2.45 bits per heavy atom. The lowest BCUT2D eigenvalue weighted by Gasteiger charge is -1.98. The Balaban J connectivity index is 2.15. The first kappa shape index (κ1) is 7.85. The third-order valence-electron chi connectivity index (χ3n) is 1.62. The van der Waals surface area contributed by atoms with Crippen molar-refractivity contribution in [1.82, 2.24) is 10.2 Å². The zero-order chi connectivity index (χ0) is 7.68. The molecule has 0 bridgehead atoms. The van der Waals surface area contributed by atoms with E-state index in [-0.39, 0.29) is 0 Å². The van der Waals surface area contributed by atoms with E-state index in [2.05, 4.69) is 10.2 Å². The highest BCUT2D eigenvalue weighted by Gasteiger charge is 2.22. The van der Waals surface area contributed by atoms with Gasteiger partial charge in [-0.15, -0.1) is 22.0 Å². The summed E-state index contributed by atoms with van der Waals surface area (Å²) in [4.78, 5) is 0. The molecule has 2 heterocycles. The van der Waals surface area contributed by atoms with Gasteiger partial charge in [0.1, 0.15) is 0 Å². The first-order valence-corrected chi connectivity index (χ1v) is 5.59. The number of rotatable bonds is 1. The summed E-state index contributed by atoms with van der Waals surface area (Å²) in [6, 6.07) is 0. The first-order valence-electron chi connectivity index (χ1n) is 3.47. The van der Waals surface area contributed by atoms with Crippen LogP contribution in [-0.2, 0) is 0 Å². The number of thioether (sulfide) groups is 1. The molecule has 1 aromatic rings. The molecule has 0 amide bonds. The predicted octanol–water partition coefficient (Wildman–Crippen LogP) is 2.24. The van der Waals surface area contributed by atoms with Crippen LogP contribution >= 0.6 is 34.4 Å². The Labute approximate surface area is 82.5 Å². The van der Waals surface area contributed by atoms with Crippen molar-refractivity contribution >= 4 is 34.4 Å². The van der Waals surface area contributed by atoms with Crippen LogP contribution in [-0.4, -0.2) is 16.0 Å². The van der Waals surface area contributed by atoms with Crippen LogP contribution in [0, 0.1) is 3.90 Å². The molecule has 0 aromatic carbocycles. The summed E-state index contributed by atoms with van der Waals surface area (Å²) in [5.41, 5.74) is 0. The molecule has 1 atom stereocenters. The zero-order valence-corrected chi connectivity index (χ0v) is 8.76. The molecule has 5 heteroatoms. The van der Waals surface area contributed by atoms with E-state index in [0.29, 0.717) is 9.15 Å². The lowest BCUT2D eigenvalue weighted by molar-refractivity contribution is 0.462. The monoisotopic (exact) mass is 282 g/mol. The molecule has 0 N–H and O–H groups in total. The molecule has 1 unspecified atom stereocenters. The average molecular weight is 282 g/mol. The second-order valence-electron chi connectivity index (χ2n) is 2.39. The number of hydrogen-bond acceptors (Lipinski definition) is 4. The Kier molecular flexibility index (Phi) is 2.36. The standard InChI is InChI=1S/C6H7IN2OS/c7-6-9-8-5(10-6)4-2-1-3-11-4/h4H,1-3H2. The number of hydrogen-bond donors (Lipinski definition) is 0. The van der Waals surface area contributed by atoms with E-state index in [1.807, 2.05) is 34.4 Å². The van der Waals surface area contributed by atoms with Crippen molar-refractivity contribution in [1.29, 1.82) is 0 Å². The lowest BCUT2D eigenvalue weighted by atomic mass is 10.2. The Hall–Kier alpha value is 0.220. The van der Waals surface area contributed by atoms with E-state index in [9.17, 15) is 0 Å². The van der Waals surface area contributed by atoms with E-state index in [0.717, 1.165) is 5.89 Å². The summed E-state index contributed by atoms with van der Waals surface area (Å²) in [6.07, 6.45) is 2.46. The van der Waals surface area contributed by atoms with E-state index in [4.69, 9.17) is 4.42 Å². The highest BCUT2D eigenvalue weighted by atomic mass is 127. The van der Waals surface area contributed by atoms with E-state index >= 15 is 0 Å². The Bertz CT molecular complexity index is 246. The predicted molar refractivity (Wildman–Crippen MR) is 51.4 cm³/mol. The zero-order valence-electron chi connectivity index (χ0n) is 5.79. The molecule has 0 spiro atoms. The van der Waals surface area contributed by atoms with Gasteiger partial charge >= 0.3 is 0 Å². The van der Waals surface area contributed by atoms with Gasteiger partial charge in [-0.25, -0.2) is 0 Å². The maximum absolute atomic E-state index is 5.31. The van der Waals surface area contributed by atoms with Crippen LogP contribution < -0.4 is 0 Å². The molecule has 11 heavy (non-hydrogen) atoms. The smallest absolute Gasteiger partial charge is 0.278 e. The summed E-state index contributed by atoms with van der Waals surface area (Å²) in [5, 5.41) is 8.23. The number of nitrogens with zero attached hydrogens (tertiary/aromatic N) is 2. The quantitative estimate of drug-likeness (QED) is 0.740. The summed E-state index contributed by atoms with van der Waals surface area (Å²) >= 11 is 3.95. The van der Waals surface area contributed by atoms with Gasteiger partial charge in [0.15, 0.2) is 0 Å². The molecule has 2 rings (SSSR count). The fraction of sp³-hybridized carbons (Fsp3) is 0.667. The first-order chi connectivity index (χ1) is 5.36. The van der Waals surface area contributed by atoms with Crippen LogP contribution in [0.25, 0.3) is 0 Å². The van der Waals surface area contributed by atoms with Crippen LogP contribution in [0.5, 0.6) is 0 Å². The molecule has 1 aliphatic heterocycles. The highest BCUT2D eigenvalue weighted by Crippen LogP contribution is 2.38. The average Bonchev–Trinajstić information content (AvgIpc) is 2.55. The molecule has 0 saturated carbocycles. The molecular weight excluding hydrogens is 275 g/mol. The van der Waals surface area contributed by atoms with Gasteiger partial charge in [0.25, 0.3) is 3.90 Å². The van der Waals surface area contributed by atoms with Crippen molar-refractivity contribution < 1.29 is 4.42 Å². The molecule has 3 nitrogen and oxygen atoms in total.